The van der Waals surface area contributed by atoms with Crippen molar-refractivity contribution in [3.63, 3.8) is 0 Å². The van der Waals surface area contributed by atoms with Gasteiger partial charge in [-0.2, -0.15) is 0 Å². The molecule has 0 bridgehead atoms. The van der Waals surface area contributed by atoms with E-state index in [1.54, 1.807) is 6.07 Å². The van der Waals surface area contributed by atoms with Gasteiger partial charge in [0.1, 0.15) is 17.4 Å². The molecule has 6 nitrogen and oxygen atoms in total. The van der Waals surface area contributed by atoms with Crippen LogP contribution in [0.2, 0.25) is 0 Å². The highest BCUT2D eigenvalue weighted by Crippen LogP contribution is 2.39. The Kier molecular flexibility index (Phi) is 6.79. The van der Waals surface area contributed by atoms with E-state index < -0.39 is 41.1 Å². The number of nitrogens with zero attached hydrogens (tertiary/aromatic N) is 1. The van der Waals surface area contributed by atoms with Crippen LogP contribution in [0.5, 0.6) is 0 Å². The number of aliphatic carboxylic acids is 1. The van der Waals surface area contributed by atoms with Gasteiger partial charge in [-0.3, -0.25) is 14.4 Å². The molecule has 3 rings (SSSR count). The summed E-state index contributed by atoms with van der Waals surface area (Å²) in [6.07, 6.45) is 1.36. The Labute approximate surface area is 177 Å². The maximum Gasteiger partial charge on any atom is 0.303 e. The standard InChI is InChI=1S/C23H21F2NO5/c24-16-10-8-14(9-11-16)21(29)19-20(15-5-4-6-17(25)13-15)26(23(31)22(19)30)12-3-1-2-7-18(27)28/h4-6,8-11,13,20,29H,1-3,7,12H2,(H,27,28)/b21-19-. The summed E-state index contributed by atoms with van der Waals surface area (Å²) in [4.78, 5) is 37.4. The third kappa shape index (κ3) is 4.96. The van der Waals surface area contributed by atoms with Gasteiger partial charge in [-0.05, 0) is 54.8 Å². The average Bonchev–Trinajstić information content (AvgIpc) is 2.98. The molecule has 0 radical (unpaired) electrons. The van der Waals surface area contributed by atoms with Gasteiger partial charge in [-0.15, -0.1) is 0 Å². The van der Waals surface area contributed by atoms with Crippen molar-refractivity contribution in [2.45, 2.75) is 31.7 Å². The van der Waals surface area contributed by atoms with Crippen LogP contribution in [-0.4, -0.2) is 39.3 Å². The van der Waals surface area contributed by atoms with Crippen molar-refractivity contribution in [2.75, 3.05) is 6.54 Å². The number of amides is 1. The number of carboxylic acids is 1. The Hall–Kier alpha value is -3.55. The van der Waals surface area contributed by atoms with Crippen LogP contribution in [-0.2, 0) is 14.4 Å². The molecular weight excluding hydrogens is 408 g/mol. The molecule has 162 valence electrons. The summed E-state index contributed by atoms with van der Waals surface area (Å²) in [6, 6.07) is 9.19. The summed E-state index contributed by atoms with van der Waals surface area (Å²) >= 11 is 0. The molecule has 1 aliphatic heterocycles. The molecule has 1 saturated heterocycles. The summed E-state index contributed by atoms with van der Waals surface area (Å²) in [5.41, 5.74) is 0.267. The quantitative estimate of drug-likeness (QED) is 0.286. The maximum atomic E-state index is 13.9. The smallest absolute Gasteiger partial charge is 0.303 e. The van der Waals surface area contributed by atoms with E-state index in [1.165, 1.54) is 35.2 Å². The van der Waals surface area contributed by atoms with Crippen molar-refractivity contribution in [3.05, 3.63) is 76.9 Å². The number of likely N-dealkylation sites (tertiary alicyclic amines) is 1. The SMILES string of the molecule is O=C(O)CCCCCN1C(=O)C(=O)/C(=C(\O)c2ccc(F)cc2)C1c1cccc(F)c1. The zero-order chi connectivity index (χ0) is 22.5. The lowest BCUT2D eigenvalue weighted by atomic mass is 9.95. The number of unbranched alkanes of at least 4 members (excludes halogenated alkanes) is 2. The molecule has 2 aromatic carbocycles. The highest BCUT2D eigenvalue weighted by atomic mass is 19.1. The first-order valence-electron chi connectivity index (χ1n) is 9.81. The van der Waals surface area contributed by atoms with E-state index >= 15 is 0 Å². The van der Waals surface area contributed by atoms with Crippen LogP contribution >= 0.6 is 0 Å². The van der Waals surface area contributed by atoms with Gasteiger partial charge in [-0.1, -0.05) is 18.6 Å². The Morgan fingerprint density at radius 1 is 0.935 bits per heavy atom. The zero-order valence-electron chi connectivity index (χ0n) is 16.6. The van der Waals surface area contributed by atoms with Crippen molar-refractivity contribution < 1.29 is 33.4 Å². The number of aliphatic hydroxyl groups excluding tert-OH is 1. The molecule has 2 aromatic rings. The Bertz CT molecular complexity index is 1030. The molecule has 0 aromatic heterocycles. The number of hydrogen-bond donors (Lipinski definition) is 2. The lowest BCUT2D eigenvalue weighted by Crippen LogP contribution is -2.30. The fraction of sp³-hybridized carbons (Fsp3) is 0.261. The lowest BCUT2D eigenvalue weighted by Gasteiger charge is -2.25. The normalized spacial score (nSPS) is 17.9. The molecule has 0 aliphatic carbocycles. The zero-order valence-corrected chi connectivity index (χ0v) is 16.6. The van der Waals surface area contributed by atoms with E-state index in [0.29, 0.717) is 24.8 Å². The Morgan fingerprint density at radius 3 is 2.29 bits per heavy atom. The molecule has 31 heavy (non-hydrogen) atoms. The van der Waals surface area contributed by atoms with Crippen molar-refractivity contribution >= 4 is 23.4 Å². The minimum absolute atomic E-state index is 0.00326. The van der Waals surface area contributed by atoms with Gasteiger partial charge in [0, 0.05) is 18.5 Å². The largest absolute Gasteiger partial charge is 0.507 e. The summed E-state index contributed by atoms with van der Waals surface area (Å²) in [6.45, 7) is 0.131. The first kappa shape index (κ1) is 22.1. The van der Waals surface area contributed by atoms with Crippen LogP contribution in [0.1, 0.15) is 42.9 Å². The Morgan fingerprint density at radius 2 is 1.65 bits per heavy atom. The minimum atomic E-state index is -1.01. The van der Waals surface area contributed by atoms with E-state index in [4.69, 9.17) is 5.11 Å². The van der Waals surface area contributed by atoms with E-state index in [-0.39, 0.29) is 24.1 Å². The molecule has 0 saturated carbocycles. The number of aliphatic hydroxyl groups is 1. The fourth-order valence-corrected chi connectivity index (χ4v) is 3.63. The molecule has 1 aliphatic rings. The van der Waals surface area contributed by atoms with E-state index in [2.05, 4.69) is 0 Å². The van der Waals surface area contributed by atoms with E-state index in [0.717, 1.165) is 12.1 Å². The third-order valence-corrected chi connectivity index (χ3v) is 5.11. The second-order valence-electron chi connectivity index (χ2n) is 7.26. The number of carbonyl (C=O) groups excluding carboxylic acids is 2. The van der Waals surface area contributed by atoms with Gasteiger partial charge in [0.05, 0.1) is 11.6 Å². The van der Waals surface area contributed by atoms with Crippen LogP contribution in [0.25, 0.3) is 5.76 Å². The van der Waals surface area contributed by atoms with E-state index in [9.17, 15) is 28.3 Å². The van der Waals surface area contributed by atoms with Gasteiger partial charge >= 0.3 is 5.97 Å². The summed E-state index contributed by atoms with van der Waals surface area (Å²) in [5, 5.41) is 19.5. The van der Waals surface area contributed by atoms with Crippen molar-refractivity contribution in [1.29, 1.82) is 0 Å². The number of hydrogen-bond acceptors (Lipinski definition) is 4. The predicted octanol–water partition coefficient (Wildman–Crippen LogP) is 4.03. The minimum Gasteiger partial charge on any atom is -0.507 e. The second-order valence-corrected chi connectivity index (χ2v) is 7.26. The predicted molar refractivity (Wildman–Crippen MR) is 108 cm³/mol. The van der Waals surface area contributed by atoms with Gasteiger partial charge in [-0.25, -0.2) is 8.78 Å². The molecule has 1 unspecified atom stereocenters. The molecule has 8 heteroatoms. The lowest BCUT2D eigenvalue weighted by molar-refractivity contribution is -0.140. The highest BCUT2D eigenvalue weighted by Gasteiger charge is 2.45. The number of carbonyl (C=O) groups is 3. The van der Waals surface area contributed by atoms with Crippen LogP contribution in [0.4, 0.5) is 8.78 Å². The second kappa shape index (κ2) is 9.51. The number of benzene rings is 2. The van der Waals surface area contributed by atoms with Crippen LogP contribution in [0, 0.1) is 11.6 Å². The molecule has 0 spiro atoms. The summed E-state index contributed by atoms with van der Waals surface area (Å²) in [7, 11) is 0. The number of carboxylic acid groups (broad SMARTS) is 1. The van der Waals surface area contributed by atoms with Crippen molar-refractivity contribution in [1.82, 2.24) is 4.90 Å². The van der Waals surface area contributed by atoms with Gasteiger partial charge in [0.15, 0.2) is 0 Å². The Balaban J connectivity index is 1.97. The number of halogens is 2. The first-order valence-corrected chi connectivity index (χ1v) is 9.81. The maximum absolute atomic E-state index is 13.9. The fourth-order valence-electron chi connectivity index (χ4n) is 3.63. The topological polar surface area (TPSA) is 94.9 Å². The van der Waals surface area contributed by atoms with Gasteiger partial charge in [0.25, 0.3) is 11.7 Å². The highest BCUT2D eigenvalue weighted by molar-refractivity contribution is 6.46. The van der Waals surface area contributed by atoms with Gasteiger partial charge < -0.3 is 15.1 Å². The number of ketones is 1. The number of Topliss-reactive ketones (excluding diaryl/α,β-unsaturated/α-hetero) is 1. The van der Waals surface area contributed by atoms with Crippen LogP contribution in [0.15, 0.2) is 54.1 Å². The molecule has 1 heterocycles. The molecule has 1 atom stereocenters. The number of rotatable bonds is 8. The molecule has 1 amide bonds. The molecular formula is C23H21F2NO5. The van der Waals surface area contributed by atoms with Crippen LogP contribution in [0.3, 0.4) is 0 Å². The summed E-state index contributed by atoms with van der Waals surface area (Å²) < 4.78 is 27.2. The third-order valence-electron chi connectivity index (χ3n) is 5.11. The summed E-state index contributed by atoms with van der Waals surface area (Å²) in [5.74, 6) is -4.23. The van der Waals surface area contributed by atoms with Crippen molar-refractivity contribution in [3.8, 4) is 0 Å². The van der Waals surface area contributed by atoms with Crippen molar-refractivity contribution in [2.24, 2.45) is 0 Å². The monoisotopic (exact) mass is 429 g/mol. The van der Waals surface area contributed by atoms with Crippen LogP contribution < -0.4 is 0 Å². The average molecular weight is 429 g/mol. The molecule has 1 fully saturated rings. The van der Waals surface area contributed by atoms with E-state index in [1.807, 2.05) is 0 Å². The van der Waals surface area contributed by atoms with Gasteiger partial charge in [0.2, 0.25) is 0 Å². The first-order chi connectivity index (χ1) is 14.8. The molecule has 2 N–H and O–H groups in total.